The fourth-order valence-corrected chi connectivity index (χ4v) is 3.99. The van der Waals surface area contributed by atoms with Gasteiger partial charge in [0.15, 0.2) is 0 Å². The molecule has 12 heteroatoms. The van der Waals surface area contributed by atoms with E-state index >= 15 is 0 Å². The van der Waals surface area contributed by atoms with Gasteiger partial charge in [-0.1, -0.05) is 17.7 Å². The van der Waals surface area contributed by atoms with Crippen LogP contribution in [0.3, 0.4) is 0 Å². The predicted molar refractivity (Wildman–Crippen MR) is 154 cm³/mol. The van der Waals surface area contributed by atoms with Gasteiger partial charge in [0, 0.05) is 41.2 Å². The zero-order chi connectivity index (χ0) is 30.8. The second-order valence-corrected chi connectivity index (χ2v) is 9.70. The second-order valence-electron chi connectivity index (χ2n) is 9.70. The molecule has 0 aliphatic heterocycles. The number of rotatable bonds is 13. The summed E-state index contributed by atoms with van der Waals surface area (Å²) in [7, 11) is 0. The lowest BCUT2D eigenvalue weighted by Gasteiger charge is -2.30. The lowest BCUT2D eigenvalue weighted by atomic mass is 10.0. The van der Waals surface area contributed by atoms with Crippen LogP contribution >= 0.6 is 0 Å². The summed E-state index contributed by atoms with van der Waals surface area (Å²) in [6.07, 6.45) is -7.09. The van der Waals surface area contributed by atoms with Gasteiger partial charge in [0.05, 0.1) is 13.2 Å². The van der Waals surface area contributed by atoms with Crippen molar-refractivity contribution in [2.75, 3.05) is 36.9 Å². The number of hydrogen-bond acceptors (Lipinski definition) is 9. The molecule has 0 aliphatic carbocycles. The van der Waals surface area contributed by atoms with Crippen molar-refractivity contribution in [2.24, 2.45) is 0 Å². The van der Waals surface area contributed by atoms with Crippen LogP contribution in [0.1, 0.15) is 36.6 Å². The first-order valence-corrected chi connectivity index (χ1v) is 13.2. The van der Waals surface area contributed by atoms with E-state index in [9.17, 15) is 39.9 Å². The zero-order valence-electron chi connectivity index (χ0n) is 22.9. The van der Waals surface area contributed by atoms with E-state index in [0.29, 0.717) is 22.5 Å². The maximum absolute atomic E-state index is 13.0. The van der Waals surface area contributed by atoms with Crippen molar-refractivity contribution in [3.8, 4) is 0 Å². The van der Waals surface area contributed by atoms with Gasteiger partial charge in [-0.2, -0.15) is 0 Å². The minimum Gasteiger partial charge on any atom is -0.395 e. The normalized spacial score (nSPS) is 13.9. The summed E-state index contributed by atoms with van der Waals surface area (Å²) in [4.78, 5) is 39.1. The Balaban J connectivity index is 1.59. The van der Waals surface area contributed by atoms with E-state index in [1.54, 1.807) is 36.4 Å². The number of aryl methyl sites for hydroxylation is 1. The molecule has 3 aromatic carbocycles. The molecule has 3 aromatic rings. The van der Waals surface area contributed by atoms with Crippen LogP contribution in [0.2, 0.25) is 0 Å². The third-order valence-electron chi connectivity index (χ3n) is 6.50. The van der Waals surface area contributed by atoms with Gasteiger partial charge < -0.3 is 46.2 Å². The maximum Gasteiger partial charge on any atom is 0.255 e. The van der Waals surface area contributed by atoms with Crippen molar-refractivity contribution < 1.29 is 45.0 Å². The molecule has 42 heavy (non-hydrogen) atoms. The Hall–Kier alpha value is -4.17. The van der Waals surface area contributed by atoms with E-state index in [1.165, 1.54) is 24.3 Å². The molecular formula is C30H35N3O9. The number of amides is 3. The molecule has 0 fully saturated rings. The van der Waals surface area contributed by atoms with Crippen LogP contribution in [0.25, 0.3) is 0 Å². The third kappa shape index (κ3) is 8.66. The molecule has 0 saturated carbocycles. The Labute approximate surface area is 242 Å². The van der Waals surface area contributed by atoms with Crippen LogP contribution in [0, 0.1) is 6.92 Å². The van der Waals surface area contributed by atoms with E-state index in [-0.39, 0.29) is 18.0 Å². The van der Waals surface area contributed by atoms with Crippen LogP contribution in [0.4, 0.5) is 11.4 Å². The molecule has 0 aromatic heterocycles. The first-order valence-electron chi connectivity index (χ1n) is 13.2. The summed E-state index contributed by atoms with van der Waals surface area (Å²) in [6, 6.07) is 19.3. The van der Waals surface area contributed by atoms with Gasteiger partial charge >= 0.3 is 0 Å². The van der Waals surface area contributed by atoms with E-state index < -0.39 is 56.0 Å². The second kappa shape index (κ2) is 15.2. The largest absolute Gasteiger partial charge is 0.395 e. The maximum atomic E-state index is 13.0. The Morgan fingerprint density at radius 2 is 1.10 bits per heavy atom. The van der Waals surface area contributed by atoms with Gasteiger partial charge in [-0.15, -0.1) is 0 Å². The average Bonchev–Trinajstić information content (AvgIpc) is 3.00. The SMILES string of the molecule is Cc1ccc(C(=O)Nc2ccc(C(=O)Nc3ccc(C(=O)N(CCO)CC(O)C(O)C(O)C(O)CO)cc3)cc2)cc1. The monoisotopic (exact) mass is 581 g/mol. The molecule has 0 radical (unpaired) electrons. The topological polar surface area (TPSA) is 200 Å². The molecule has 0 heterocycles. The fourth-order valence-electron chi connectivity index (χ4n) is 3.99. The minimum absolute atomic E-state index is 0.160. The molecule has 0 saturated heterocycles. The number of aliphatic hydroxyl groups excluding tert-OH is 6. The molecule has 4 unspecified atom stereocenters. The van der Waals surface area contributed by atoms with Gasteiger partial charge in [-0.3, -0.25) is 14.4 Å². The highest BCUT2D eigenvalue weighted by molar-refractivity contribution is 6.06. The summed E-state index contributed by atoms with van der Waals surface area (Å²) in [5, 5.41) is 63.4. The summed E-state index contributed by atoms with van der Waals surface area (Å²) >= 11 is 0. The van der Waals surface area contributed by atoms with Crippen LogP contribution in [0.15, 0.2) is 72.8 Å². The van der Waals surface area contributed by atoms with E-state index in [4.69, 9.17) is 5.11 Å². The van der Waals surface area contributed by atoms with Crippen LogP contribution in [0.5, 0.6) is 0 Å². The molecule has 3 amide bonds. The van der Waals surface area contributed by atoms with Gasteiger partial charge in [0.1, 0.15) is 24.4 Å². The smallest absolute Gasteiger partial charge is 0.255 e. The third-order valence-corrected chi connectivity index (χ3v) is 6.50. The molecule has 0 aliphatic rings. The standard InChI is InChI=1S/C30H35N3O9/c1-18-2-4-19(5-3-18)28(40)31-22-10-6-20(7-11-22)29(41)32-23-12-8-21(9-13-23)30(42)33(14-15-34)16-24(36)26(38)27(39)25(37)17-35/h2-13,24-27,34-39H,14-17H2,1H3,(H,31,40)(H,32,41). The Morgan fingerprint density at radius 1 is 0.667 bits per heavy atom. The molecule has 0 bridgehead atoms. The van der Waals surface area contributed by atoms with Crippen molar-refractivity contribution in [3.05, 3.63) is 95.1 Å². The number of nitrogens with one attached hydrogen (secondary N) is 2. The Kier molecular flexibility index (Phi) is 11.7. The molecule has 0 spiro atoms. The van der Waals surface area contributed by atoms with Gasteiger partial charge in [0.25, 0.3) is 17.7 Å². The van der Waals surface area contributed by atoms with Crippen molar-refractivity contribution in [2.45, 2.75) is 31.3 Å². The molecule has 3 rings (SSSR count). The number of anilines is 2. The van der Waals surface area contributed by atoms with Crippen LogP contribution < -0.4 is 10.6 Å². The first-order chi connectivity index (χ1) is 20.0. The van der Waals surface area contributed by atoms with E-state index in [0.717, 1.165) is 10.5 Å². The predicted octanol–water partition coefficient (Wildman–Crippen LogP) is 0.370. The van der Waals surface area contributed by atoms with E-state index in [2.05, 4.69) is 10.6 Å². The highest BCUT2D eigenvalue weighted by atomic mass is 16.4. The van der Waals surface area contributed by atoms with Crippen molar-refractivity contribution in [1.29, 1.82) is 0 Å². The molecule has 8 N–H and O–H groups in total. The Bertz CT molecular complexity index is 1330. The molecule has 12 nitrogen and oxygen atoms in total. The van der Waals surface area contributed by atoms with Crippen molar-refractivity contribution in [3.63, 3.8) is 0 Å². The number of hydrogen-bond donors (Lipinski definition) is 8. The number of carbonyl (C=O) groups excluding carboxylic acids is 3. The van der Waals surface area contributed by atoms with E-state index in [1.807, 2.05) is 19.1 Å². The van der Waals surface area contributed by atoms with Crippen LogP contribution in [-0.2, 0) is 0 Å². The number of nitrogens with zero attached hydrogens (tertiary/aromatic N) is 1. The van der Waals surface area contributed by atoms with Crippen LogP contribution in [-0.4, -0.2) is 104 Å². The van der Waals surface area contributed by atoms with Gasteiger partial charge in [0.2, 0.25) is 0 Å². The highest BCUT2D eigenvalue weighted by Gasteiger charge is 2.32. The molecule has 224 valence electrons. The average molecular weight is 582 g/mol. The fraction of sp³-hybridized carbons (Fsp3) is 0.300. The number of aliphatic hydroxyl groups is 6. The quantitative estimate of drug-likeness (QED) is 0.140. The van der Waals surface area contributed by atoms with Crippen molar-refractivity contribution in [1.82, 2.24) is 4.90 Å². The zero-order valence-corrected chi connectivity index (χ0v) is 22.9. The lowest BCUT2D eigenvalue weighted by molar-refractivity contribution is -0.118. The highest BCUT2D eigenvalue weighted by Crippen LogP contribution is 2.17. The van der Waals surface area contributed by atoms with Crippen molar-refractivity contribution >= 4 is 29.1 Å². The lowest BCUT2D eigenvalue weighted by Crippen LogP contribution is -2.51. The van der Waals surface area contributed by atoms with Gasteiger partial charge in [-0.25, -0.2) is 0 Å². The number of benzene rings is 3. The Morgan fingerprint density at radius 3 is 1.55 bits per heavy atom. The minimum atomic E-state index is -1.86. The van der Waals surface area contributed by atoms with Gasteiger partial charge in [-0.05, 0) is 67.6 Å². The number of carbonyl (C=O) groups is 3. The summed E-state index contributed by atoms with van der Waals surface area (Å²) in [5.41, 5.74) is 2.95. The first kappa shape index (κ1) is 32.3. The molecule has 4 atom stereocenters. The summed E-state index contributed by atoms with van der Waals surface area (Å²) in [5.74, 6) is -1.30. The molecular weight excluding hydrogens is 546 g/mol. The summed E-state index contributed by atoms with van der Waals surface area (Å²) in [6.45, 7) is -0.0294. The summed E-state index contributed by atoms with van der Waals surface area (Å²) < 4.78 is 0.